The van der Waals surface area contributed by atoms with E-state index >= 15 is 0 Å². The van der Waals surface area contributed by atoms with Gasteiger partial charge in [-0.3, -0.25) is 0 Å². The lowest BCUT2D eigenvalue weighted by Crippen LogP contribution is -2.44. The van der Waals surface area contributed by atoms with Crippen molar-refractivity contribution in [3.8, 4) is 11.5 Å². The smallest absolute Gasteiger partial charge is 0.191 e. The lowest BCUT2D eigenvalue weighted by Gasteiger charge is -2.22. The standard InChI is InChI=1S/C21H27ClN4O2.HI/c1-3-23-21(24-13-15-4-7-18(27)8-5-15)25-17-10-11-26(14-17)19-12-16(22)6-9-20(19)28-2;/h4-9,12,17,27H,3,10-11,13-14H2,1-2H3,(H2,23,24,25);1H. The Morgan fingerprint density at radius 3 is 2.72 bits per heavy atom. The Labute approximate surface area is 194 Å². The molecule has 1 aliphatic rings. The zero-order valence-corrected chi connectivity index (χ0v) is 19.8. The third kappa shape index (κ3) is 6.57. The van der Waals surface area contributed by atoms with E-state index < -0.39 is 0 Å². The lowest BCUT2D eigenvalue weighted by atomic mass is 10.2. The molecule has 2 aromatic carbocycles. The average Bonchev–Trinajstić information content (AvgIpc) is 3.16. The molecule has 0 amide bonds. The molecule has 0 radical (unpaired) electrons. The van der Waals surface area contributed by atoms with Crippen molar-refractivity contribution in [3.05, 3.63) is 53.1 Å². The third-order valence-electron chi connectivity index (χ3n) is 4.71. The molecule has 3 rings (SSSR count). The molecule has 0 bridgehead atoms. The number of hydrogen-bond donors (Lipinski definition) is 3. The highest BCUT2D eigenvalue weighted by atomic mass is 127. The molecule has 0 aromatic heterocycles. The molecule has 1 fully saturated rings. The van der Waals surface area contributed by atoms with Gasteiger partial charge < -0.3 is 25.4 Å². The highest BCUT2D eigenvalue weighted by Crippen LogP contribution is 2.33. The summed E-state index contributed by atoms with van der Waals surface area (Å²) in [5.41, 5.74) is 2.07. The van der Waals surface area contributed by atoms with Crippen LogP contribution < -0.4 is 20.3 Å². The van der Waals surface area contributed by atoms with Crippen LogP contribution in [0.1, 0.15) is 18.9 Å². The maximum Gasteiger partial charge on any atom is 0.191 e. The summed E-state index contributed by atoms with van der Waals surface area (Å²) < 4.78 is 5.49. The predicted octanol–water partition coefficient (Wildman–Crippen LogP) is 4.01. The van der Waals surface area contributed by atoms with Gasteiger partial charge in [0.15, 0.2) is 5.96 Å². The molecule has 6 nitrogen and oxygen atoms in total. The summed E-state index contributed by atoms with van der Waals surface area (Å²) in [5, 5.41) is 16.9. The minimum Gasteiger partial charge on any atom is -0.508 e. The van der Waals surface area contributed by atoms with E-state index in [2.05, 4.69) is 27.4 Å². The maximum absolute atomic E-state index is 9.40. The number of halogens is 2. The molecule has 0 saturated carbocycles. The first-order valence-corrected chi connectivity index (χ1v) is 9.88. The fourth-order valence-electron chi connectivity index (χ4n) is 3.29. The number of anilines is 1. The van der Waals surface area contributed by atoms with E-state index in [9.17, 15) is 5.11 Å². The van der Waals surface area contributed by atoms with E-state index in [1.807, 2.05) is 30.3 Å². The van der Waals surface area contributed by atoms with E-state index in [0.717, 1.165) is 49.0 Å². The molecular weight excluding hydrogens is 503 g/mol. The molecule has 1 atom stereocenters. The molecule has 1 heterocycles. The van der Waals surface area contributed by atoms with Gasteiger partial charge in [-0.25, -0.2) is 4.99 Å². The Morgan fingerprint density at radius 1 is 1.28 bits per heavy atom. The van der Waals surface area contributed by atoms with Gasteiger partial charge in [0.1, 0.15) is 11.5 Å². The zero-order valence-electron chi connectivity index (χ0n) is 16.7. The van der Waals surface area contributed by atoms with Gasteiger partial charge >= 0.3 is 0 Å². The summed E-state index contributed by atoms with van der Waals surface area (Å²) in [4.78, 5) is 6.95. The molecule has 0 spiro atoms. The molecular formula is C21H28ClIN4O2. The fraction of sp³-hybridized carbons (Fsp3) is 0.381. The van der Waals surface area contributed by atoms with Crippen molar-refractivity contribution in [3.63, 3.8) is 0 Å². The van der Waals surface area contributed by atoms with E-state index in [1.165, 1.54) is 0 Å². The number of aromatic hydroxyl groups is 1. The van der Waals surface area contributed by atoms with Gasteiger partial charge in [-0.1, -0.05) is 23.7 Å². The monoisotopic (exact) mass is 530 g/mol. The number of ether oxygens (including phenoxy) is 1. The van der Waals surface area contributed by atoms with E-state index in [0.29, 0.717) is 11.6 Å². The van der Waals surface area contributed by atoms with Crippen LogP contribution in [0.3, 0.4) is 0 Å². The number of nitrogens with one attached hydrogen (secondary N) is 2. The van der Waals surface area contributed by atoms with Gasteiger partial charge in [0.25, 0.3) is 0 Å². The van der Waals surface area contributed by atoms with Crippen LogP contribution in [0.15, 0.2) is 47.5 Å². The average molecular weight is 531 g/mol. The molecule has 0 aliphatic carbocycles. The lowest BCUT2D eigenvalue weighted by molar-refractivity contribution is 0.415. The molecule has 1 saturated heterocycles. The van der Waals surface area contributed by atoms with Gasteiger partial charge in [-0.05, 0) is 49.2 Å². The number of hydrogen-bond acceptors (Lipinski definition) is 4. The van der Waals surface area contributed by atoms with Crippen molar-refractivity contribution in [2.24, 2.45) is 4.99 Å². The van der Waals surface area contributed by atoms with Gasteiger partial charge in [0, 0.05) is 30.7 Å². The molecule has 1 unspecified atom stereocenters. The first-order valence-electron chi connectivity index (χ1n) is 9.50. The van der Waals surface area contributed by atoms with Crippen molar-refractivity contribution in [1.82, 2.24) is 10.6 Å². The van der Waals surface area contributed by atoms with Gasteiger partial charge in [0.2, 0.25) is 0 Å². The first-order chi connectivity index (χ1) is 13.6. The van der Waals surface area contributed by atoms with Crippen LogP contribution in [0.5, 0.6) is 11.5 Å². The van der Waals surface area contributed by atoms with Crippen molar-refractivity contribution >= 4 is 47.2 Å². The number of phenols is 1. The Bertz CT molecular complexity index is 817. The number of methoxy groups -OCH3 is 1. The van der Waals surface area contributed by atoms with E-state index in [4.69, 9.17) is 16.3 Å². The number of phenolic OH excluding ortho intramolecular Hbond substituents is 1. The van der Waals surface area contributed by atoms with Crippen LogP contribution in [-0.4, -0.2) is 43.9 Å². The van der Waals surface area contributed by atoms with Crippen LogP contribution in [0.2, 0.25) is 5.02 Å². The summed E-state index contributed by atoms with van der Waals surface area (Å²) in [7, 11) is 1.68. The largest absolute Gasteiger partial charge is 0.508 e. The summed E-state index contributed by atoms with van der Waals surface area (Å²) in [6, 6.07) is 13.1. The Morgan fingerprint density at radius 2 is 2.03 bits per heavy atom. The van der Waals surface area contributed by atoms with Crippen LogP contribution >= 0.6 is 35.6 Å². The Kier molecular flexibility index (Phi) is 9.16. The fourth-order valence-corrected chi connectivity index (χ4v) is 3.46. The summed E-state index contributed by atoms with van der Waals surface area (Å²) in [6.07, 6.45) is 0.999. The van der Waals surface area contributed by atoms with Crippen molar-refractivity contribution in [1.29, 1.82) is 0 Å². The van der Waals surface area contributed by atoms with E-state index in [-0.39, 0.29) is 35.8 Å². The van der Waals surface area contributed by atoms with Gasteiger partial charge in [-0.2, -0.15) is 0 Å². The van der Waals surface area contributed by atoms with Gasteiger partial charge in [-0.15, -0.1) is 24.0 Å². The summed E-state index contributed by atoms with van der Waals surface area (Å²) in [5.74, 6) is 1.89. The Balaban J connectivity index is 0.00000300. The van der Waals surface area contributed by atoms with Crippen LogP contribution in [0.4, 0.5) is 5.69 Å². The molecule has 8 heteroatoms. The van der Waals surface area contributed by atoms with Crippen molar-refractivity contribution in [2.45, 2.75) is 25.9 Å². The SMILES string of the molecule is CCNC(=NCc1ccc(O)cc1)NC1CCN(c2cc(Cl)ccc2OC)C1.I. The molecule has 158 valence electrons. The Hall–Kier alpha value is -1.87. The van der Waals surface area contributed by atoms with Crippen LogP contribution in [0, 0.1) is 0 Å². The number of guanidine groups is 1. The summed E-state index contributed by atoms with van der Waals surface area (Å²) in [6.45, 7) is 5.16. The number of rotatable bonds is 6. The second kappa shape index (κ2) is 11.3. The highest BCUT2D eigenvalue weighted by molar-refractivity contribution is 14.0. The minimum atomic E-state index is 0. The van der Waals surface area contributed by atoms with Crippen LogP contribution in [0.25, 0.3) is 0 Å². The molecule has 2 aromatic rings. The minimum absolute atomic E-state index is 0. The first kappa shape index (κ1) is 23.4. The third-order valence-corrected chi connectivity index (χ3v) is 4.95. The van der Waals surface area contributed by atoms with Crippen molar-refractivity contribution in [2.75, 3.05) is 31.6 Å². The second-order valence-electron chi connectivity index (χ2n) is 6.75. The van der Waals surface area contributed by atoms with Gasteiger partial charge in [0.05, 0.1) is 19.3 Å². The number of aliphatic imine (C=N–C) groups is 1. The van der Waals surface area contributed by atoms with Crippen molar-refractivity contribution < 1.29 is 9.84 Å². The quantitative estimate of drug-likeness (QED) is 0.299. The van der Waals surface area contributed by atoms with Crippen LogP contribution in [-0.2, 0) is 6.54 Å². The molecule has 3 N–H and O–H groups in total. The predicted molar refractivity (Wildman–Crippen MR) is 130 cm³/mol. The number of nitrogens with zero attached hydrogens (tertiary/aromatic N) is 2. The molecule has 1 aliphatic heterocycles. The maximum atomic E-state index is 9.40. The highest BCUT2D eigenvalue weighted by Gasteiger charge is 2.25. The van der Waals surface area contributed by atoms with E-state index in [1.54, 1.807) is 19.2 Å². The summed E-state index contributed by atoms with van der Waals surface area (Å²) >= 11 is 6.18. The number of benzene rings is 2. The topological polar surface area (TPSA) is 69.1 Å². The normalized spacial score (nSPS) is 16.3. The molecule has 29 heavy (non-hydrogen) atoms. The zero-order chi connectivity index (χ0) is 19.9. The second-order valence-corrected chi connectivity index (χ2v) is 7.19.